The van der Waals surface area contributed by atoms with E-state index in [9.17, 15) is 4.79 Å². The fourth-order valence-electron chi connectivity index (χ4n) is 3.16. The van der Waals surface area contributed by atoms with Gasteiger partial charge in [0, 0.05) is 37.2 Å². The number of carbonyl (C=O) groups is 1. The Morgan fingerprint density at radius 2 is 2.00 bits per heavy atom. The number of nitrogens with zero attached hydrogens (tertiary/aromatic N) is 2. The number of rotatable bonds is 5. The Bertz CT molecular complexity index is 785. The van der Waals surface area contributed by atoms with Gasteiger partial charge in [0.15, 0.2) is 0 Å². The van der Waals surface area contributed by atoms with E-state index in [0.29, 0.717) is 40.5 Å². The van der Waals surface area contributed by atoms with Gasteiger partial charge in [-0.25, -0.2) is 4.98 Å². The van der Waals surface area contributed by atoms with Crippen LogP contribution in [-0.4, -0.2) is 34.4 Å². The third-order valence-corrected chi connectivity index (χ3v) is 5.64. The molecular formula is C18H16Cl4N2O2. The van der Waals surface area contributed by atoms with Crippen LogP contribution >= 0.6 is 46.4 Å². The van der Waals surface area contributed by atoms with Crippen LogP contribution in [0.2, 0.25) is 15.1 Å². The summed E-state index contributed by atoms with van der Waals surface area (Å²) in [5.74, 6) is 0.656. The summed E-state index contributed by atoms with van der Waals surface area (Å²) in [6, 6.07) is 8.98. The summed E-state index contributed by atoms with van der Waals surface area (Å²) in [5, 5.41) is 1.12. The second kappa shape index (κ2) is 8.66. The number of aromatic nitrogens is 1. The molecule has 1 amide bonds. The monoisotopic (exact) mass is 432 g/mol. The van der Waals surface area contributed by atoms with Crippen LogP contribution in [0.1, 0.15) is 24.3 Å². The Balaban J connectivity index is 1.62. The van der Waals surface area contributed by atoms with Gasteiger partial charge in [-0.15, -0.1) is 0 Å². The first-order chi connectivity index (χ1) is 12.4. The number of hydrogen-bond acceptors (Lipinski definition) is 3. The lowest BCUT2D eigenvalue weighted by Crippen LogP contribution is -2.32. The Labute approximate surface area is 172 Å². The molecule has 1 aliphatic heterocycles. The van der Waals surface area contributed by atoms with E-state index in [1.807, 2.05) is 12.1 Å². The van der Waals surface area contributed by atoms with Crippen LogP contribution in [0.4, 0.5) is 4.79 Å². The van der Waals surface area contributed by atoms with Crippen molar-refractivity contribution in [3.8, 4) is 5.88 Å². The zero-order chi connectivity index (χ0) is 18.7. The summed E-state index contributed by atoms with van der Waals surface area (Å²) in [6.07, 6.45) is 2.97. The molecule has 1 fully saturated rings. The van der Waals surface area contributed by atoms with Gasteiger partial charge >= 0.3 is 5.37 Å². The van der Waals surface area contributed by atoms with Crippen LogP contribution in [0.3, 0.4) is 0 Å². The van der Waals surface area contributed by atoms with Crippen LogP contribution < -0.4 is 4.74 Å². The standard InChI is InChI=1S/C18H16Cl4N2O2/c19-13-2-4-17(23-9-13)26-6-5-14-7-12(10-24(14)18(22)25)11-1-3-15(20)16(21)8-11/h1-4,8-9,12,14H,5-7,10H2. The molecule has 1 saturated heterocycles. The van der Waals surface area contributed by atoms with Crippen molar-refractivity contribution in [3.63, 3.8) is 0 Å². The topological polar surface area (TPSA) is 42.4 Å². The summed E-state index contributed by atoms with van der Waals surface area (Å²) in [5.41, 5.74) is 1.05. The maximum atomic E-state index is 11.8. The Hall–Kier alpha value is -1.20. The Morgan fingerprint density at radius 1 is 1.19 bits per heavy atom. The number of carbonyl (C=O) groups excluding carboxylic acids is 1. The van der Waals surface area contributed by atoms with E-state index < -0.39 is 5.37 Å². The van der Waals surface area contributed by atoms with Gasteiger partial charge in [-0.1, -0.05) is 40.9 Å². The van der Waals surface area contributed by atoms with Crippen molar-refractivity contribution in [3.05, 3.63) is 57.2 Å². The first-order valence-corrected chi connectivity index (χ1v) is 9.60. The molecule has 2 unspecified atom stereocenters. The second-order valence-corrected chi connectivity index (χ2v) is 7.69. The first kappa shape index (κ1) is 19.6. The number of ether oxygens (including phenoxy) is 1. The lowest BCUT2D eigenvalue weighted by molar-refractivity contribution is 0.200. The molecule has 2 heterocycles. The normalized spacial score (nSPS) is 19.6. The van der Waals surface area contributed by atoms with Crippen molar-refractivity contribution >= 4 is 51.8 Å². The molecule has 8 heteroatoms. The summed E-state index contributed by atoms with van der Waals surface area (Å²) in [7, 11) is 0. The lowest BCUT2D eigenvalue weighted by Gasteiger charge is -2.21. The van der Waals surface area contributed by atoms with Gasteiger partial charge in [0.25, 0.3) is 0 Å². The number of amides is 1. The molecule has 0 bridgehead atoms. The maximum Gasteiger partial charge on any atom is 0.316 e. The highest BCUT2D eigenvalue weighted by molar-refractivity contribution is 6.62. The summed E-state index contributed by atoms with van der Waals surface area (Å²) in [6.45, 7) is 0.970. The van der Waals surface area contributed by atoms with Crippen LogP contribution in [0, 0.1) is 0 Å². The number of benzene rings is 1. The van der Waals surface area contributed by atoms with Crippen molar-refractivity contribution in [2.75, 3.05) is 13.2 Å². The highest BCUT2D eigenvalue weighted by Crippen LogP contribution is 2.36. The molecule has 2 atom stereocenters. The largest absolute Gasteiger partial charge is 0.478 e. The van der Waals surface area contributed by atoms with Crippen molar-refractivity contribution < 1.29 is 9.53 Å². The van der Waals surface area contributed by atoms with Gasteiger partial charge in [0.2, 0.25) is 5.88 Å². The molecular weight excluding hydrogens is 418 g/mol. The minimum absolute atomic E-state index is 0.00764. The summed E-state index contributed by atoms with van der Waals surface area (Å²) >= 11 is 23.7. The lowest BCUT2D eigenvalue weighted by atomic mass is 9.95. The molecule has 1 aromatic carbocycles. The quantitative estimate of drug-likeness (QED) is 0.427. The Morgan fingerprint density at radius 3 is 2.65 bits per heavy atom. The number of hydrogen-bond donors (Lipinski definition) is 0. The SMILES string of the molecule is O=C(Cl)N1CC(c2ccc(Cl)c(Cl)c2)CC1CCOc1ccc(Cl)cn1. The fourth-order valence-corrected chi connectivity index (χ4v) is 3.79. The molecule has 0 aliphatic carbocycles. The van der Waals surface area contributed by atoms with E-state index in [-0.39, 0.29) is 12.0 Å². The second-order valence-electron chi connectivity index (χ2n) is 6.12. The molecule has 0 spiro atoms. The summed E-state index contributed by atoms with van der Waals surface area (Å²) < 4.78 is 5.64. The minimum atomic E-state index is -0.456. The van der Waals surface area contributed by atoms with Gasteiger partial charge in [0.1, 0.15) is 0 Å². The van der Waals surface area contributed by atoms with Crippen molar-refractivity contribution in [2.24, 2.45) is 0 Å². The molecule has 4 nitrogen and oxygen atoms in total. The molecule has 26 heavy (non-hydrogen) atoms. The van der Waals surface area contributed by atoms with Gasteiger partial charge < -0.3 is 9.64 Å². The van der Waals surface area contributed by atoms with E-state index in [1.165, 1.54) is 6.20 Å². The average molecular weight is 434 g/mol. The molecule has 0 radical (unpaired) electrons. The van der Waals surface area contributed by atoms with Crippen molar-refractivity contribution in [2.45, 2.75) is 24.8 Å². The smallest absolute Gasteiger partial charge is 0.316 e. The van der Waals surface area contributed by atoms with Gasteiger partial charge in [-0.2, -0.15) is 0 Å². The van der Waals surface area contributed by atoms with Crippen molar-refractivity contribution in [1.82, 2.24) is 9.88 Å². The number of halogens is 4. The summed E-state index contributed by atoms with van der Waals surface area (Å²) in [4.78, 5) is 17.6. The van der Waals surface area contributed by atoms with E-state index in [1.54, 1.807) is 23.1 Å². The molecule has 3 rings (SSSR count). The zero-order valence-corrected chi connectivity index (χ0v) is 16.7. The molecule has 0 N–H and O–H groups in total. The highest BCUT2D eigenvalue weighted by atomic mass is 35.5. The van der Waals surface area contributed by atoms with Gasteiger partial charge in [-0.3, -0.25) is 4.79 Å². The van der Waals surface area contributed by atoms with Gasteiger partial charge in [-0.05, 0) is 41.8 Å². The zero-order valence-electron chi connectivity index (χ0n) is 13.7. The predicted molar refractivity (Wildman–Crippen MR) is 105 cm³/mol. The van der Waals surface area contributed by atoms with Crippen LogP contribution in [0.15, 0.2) is 36.5 Å². The molecule has 0 saturated carbocycles. The van der Waals surface area contributed by atoms with E-state index >= 15 is 0 Å². The first-order valence-electron chi connectivity index (χ1n) is 8.09. The molecule has 2 aromatic rings. The van der Waals surface area contributed by atoms with E-state index in [4.69, 9.17) is 51.1 Å². The van der Waals surface area contributed by atoms with Crippen LogP contribution in [0.5, 0.6) is 5.88 Å². The highest BCUT2D eigenvalue weighted by Gasteiger charge is 2.35. The maximum absolute atomic E-state index is 11.8. The average Bonchev–Trinajstić information content (AvgIpc) is 3.03. The molecule has 1 aromatic heterocycles. The Kier molecular flexibility index (Phi) is 6.51. The number of likely N-dealkylation sites (tertiary alicyclic amines) is 1. The molecule has 138 valence electrons. The van der Waals surface area contributed by atoms with Crippen LogP contribution in [-0.2, 0) is 0 Å². The minimum Gasteiger partial charge on any atom is -0.478 e. The molecule has 1 aliphatic rings. The van der Waals surface area contributed by atoms with Crippen molar-refractivity contribution in [1.29, 1.82) is 0 Å². The number of pyridine rings is 1. The predicted octanol–water partition coefficient (Wildman–Crippen LogP) is 6.03. The third kappa shape index (κ3) is 4.74. The van der Waals surface area contributed by atoms with E-state index in [0.717, 1.165) is 12.0 Å². The fraction of sp³-hybridized carbons (Fsp3) is 0.333. The third-order valence-electron chi connectivity index (χ3n) is 4.46. The van der Waals surface area contributed by atoms with Crippen LogP contribution in [0.25, 0.3) is 0 Å². The van der Waals surface area contributed by atoms with E-state index in [2.05, 4.69) is 4.98 Å². The van der Waals surface area contributed by atoms with Gasteiger partial charge in [0.05, 0.1) is 21.7 Å².